The van der Waals surface area contributed by atoms with E-state index in [1.165, 1.54) is 4.68 Å². The molecule has 2 rings (SSSR count). The van der Waals surface area contributed by atoms with E-state index < -0.39 is 0 Å². The van der Waals surface area contributed by atoms with Crippen molar-refractivity contribution >= 4 is 17.5 Å². The molecular formula is C13H16ClN5O. The SMILES string of the molecule is CNC(C)CNC(=O)c1cn(-c2ccccc2Cl)nn1. The molecular weight excluding hydrogens is 278 g/mol. The maximum atomic E-state index is 11.9. The third-order valence-corrected chi connectivity index (χ3v) is 3.21. The van der Waals surface area contributed by atoms with Gasteiger partial charge in [0.25, 0.3) is 5.91 Å². The number of carbonyl (C=O) groups excluding carboxylic acids is 1. The molecule has 0 spiro atoms. The Hall–Kier alpha value is -1.92. The molecule has 0 fully saturated rings. The van der Waals surface area contributed by atoms with Gasteiger partial charge in [-0.15, -0.1) is 5.10 Å². The second-order valence-electron chi connectivity index (χ2n) is 4.40. The number of hydrogen-bond acceptors (Lipinski definition) is 4. The van der Waals surface area contributed by atoms with Crippen molar-refractivity contribution in [3.8, 4) is 5.69 Å². The number of carbonyl (C=O) groups is 1. The first kappa shape index (κ1) is 14.5. The summed E-state index contributed by atoms with van der Waals surface area (Å²) < 4.78 is 1.48. The van der Waals surface area contributed by atoms with Gasteiger partial charge in [-0.1, -0.05) is 28.9 Å². The Labute approximate surface area is 122 Å². The van der Waals surface area contributed by atoms with Crippen molar-refractivity contribution in [3.05, 3.63) is 41.2 Å². The highest BCUT2D eigenvalue weighted by atomic mass is 35.5. The van der Waals surface area contributed by atoms with Crippen molar-refractivity contribution < 1.29 is 4.79 Å². The number of rotatable bonds is 5. The third-order valence-electron chi connectivity index (χ3n) is 2.89. The summed E-state index contributed by atoms with van der Waals surface area (Å²) >= 11 is 6.07. The minimum Gasteiger partial charge on any atom is -0.349 e. The van der Waals surface area contributed by atoms with Crippen LogP contribution in [0.25, 0.3) is 5.69 Å². The van der Waals surface area contributed by atoms with Gasteiger partial charge in [0.05, 0.1) is 16.9 Å². The molecule has 0 radical (unpaired) electrons. The van der Waals surface area contributed by atoms with Crippen molar-refractivity contribution in [3.63, 3.8) is 0 Å². The number of nitrogens with one attached hydrogen (secondary N) is 2. The van der Waals surface area contributed by atoms with Gasteiger partial charge in [-0.3, -0.25) is 4.79 Å². The van der Waals surface area contributed by atoms with Crippen molar-refractivity contribution in [1.29, 1.82) is 0 Å². The van der Waals surface area contributed by atoms with E-state index in [-0.39, 0.29) is 17.6 Å². The van der Waals surface area contributed by atoms with Crippen molar-refractivity contribution in [2.45, 2.75) is 13.0 Å². The molecule has 0 saturated carbocycles. The van der Waals surface area contributed by atoms with Crippen LogP contribution in [0.5, 0.6) is 0 Å². The molecule has 1 aromatic carbocycles. The number of halogens is 1. The van der Waals surface area contributed by atoms with Gasteiger partial charge < -0.3 is 10.6 Å². The molecule has 1 unspecified atom stereocenters. The lowest BCUT2D eigenvalue weighted by Crippen LogP contribution is -2.37. The van der Waals surface area contributed by atoms with E-state index in [4.69, 9.17) is 11.6 Å². The average Bonchev–Trinajstić information content (AvgIpc) is 2.94. The second kappa shape index (κ2) is 6.49. The topological polar surface area (TPSA) is 71.8 Å². The first-order chi connectivity index (χ1) is 9.61. The quantitative estimate of drug-likeness (QED) is 0.870. The number of aromatic nitrogens is 3. The van der Waals surface area contributed by atoms with E-state index in [0.29, 0.717) is 17.3 Å². The molecule has 1 atom stereocenters. The Kier molecular flexibility index (Phi) is 4.70. The number of likely N-dealkylation sites (N-methyl/N-ethyl adjacent to an activating group) is 1. The Morgan fingerprint density at radius 1 is 1.45 bits per heavy atom. The molecule has 0 aliphatic heterocycles. The van der Waals surface area contributed by atoms with Crippen LogP contribution < -0.4 is 10.6 Å². The van der Waals surface area contributed by atoms with E-state index in [2.05, 4.69) is 20.9 Å². The number of para-hydroxylation sites is 1. The second-order valence-corrected chi connectivity index (χ2v) is 4.81. The molecule has 0 aliphatic carbocycles. The van der Waals surface area contributed by atoms with Crippen LogP contribution in [0, 0.1) is 0 Å². The highest BCUT2D eigenvalue weighted by Crippen LogP contribution is 2.18. The summed E-state index contributed by atoms with van der Waals surface area (Å²) in [5.41, 5.74) is 0.942. The van der Waals surface area contributed by atoms with Gasteiger partial charge in [-0.2, -0.15) is 0 Å². The van der Waals surface area contributed by atoms with Crippen LogP contribution in [-0.4, -0.2) is 40.5 Å². The zero-order chi connectivity index (χ0) is 14.5. The zero-order valence-electron chi connectivity index (χ0n) is 11.3. The standard InChI is InChI=1S/C13H16ClN5O/c1-9(15-2)7-16-13(20)11-8-19(18-17-11)12-6-4-3-5-10(12)14/h3-6,8-9,15H,7H2,1-2H3,(H,16,20). The fourth-order valence-electron chi connectivity index (χ4n) is 1.56. The van der Waals surface area contributed by atoms with Crippen LogP contribution in [0.2, 0.25) is 5.02 Å². The molecule has 1 heterocycles. The van der Waals surface area contributed by atoms with Crippen molar-refractivity contribution in [1.82, 2.24) is 25.6 Å². The summed E-state index contributed by atoms with van der Waals surface area (Å²) in [5.74, 6) is -0.259. The van der Waals surface area contributed by atoms with Gasteiger partial charge >= 0.3 is 0 Å². The Morgan fingerprint density at radius 3 is 2.90 bits per heavy atom. The van der Waals surface area contributed by atoms with Crippen LogP contribution in [0.1, 0.15) is 17.4 Å². The van der Waals surface area contributed by atoms with Gasteiger partial charge in [-0.05, 0) is 26.1 Å². The van der Waals surface area contributed by atoms with Crippen molar-refractivity contribution in [2.75, 3.05) is 13.6 Å². The first-order valence-corrected chi connectivity index (χ1v) is 6.62. The molecule has 106 valence electrons. The lowest BCUT2D eigenvalue weighted by molar-refractivity contribution is 0.0945. The minimum atomic E-state index is -0.259. The van der Waals surface area contributed by atoms with Gasteiger partial charge in [0.1, 0.15) is 0 Å². The van der Waals surface area contributed by atoms with Crippen molar-refractivity contribution in [2.24, 2.45) is 0 Å². The lowest BCUT2D eigenvalue weighted by Gasteiger charge is -2.09. The smallest absolute Gasteiger partial charge is 0.273 e. The van der Waals surface area contributed by atoms with Gasteiger partial charge in [0, 0.05) is 12.6 Å². The molecule has 0 saturated heterocycles. The number of hydrogen-bond donors (Lipinski definition) is 2. The highest BCUT2D eigenvalue weighted by molar-refractivity contribution is 6.32. The largest absolute Gasteiger partial charge is 0.349 e. The molecule has 7 heteroatoms. The molecule has 20 heavy (non-hydrogen) atoms. The fraction of sp³-hybridized carbons (Fsp3) is 0.308. The van der Waals surface area contributed by atoms with E-state index in [1.807, 2.05) is 32.2 Å². The van der Waals surface area contributed by atoms with Crippen LogP contribution in [0.3, 0.4) is 0 Å². The van der Waals surface area contributed by atoms with E-state index in [1.54, 1.807) is 12.3 Å². The predicted molar refractivity (Wildman–Crippen MR) is 77.2 cm³/mol. The maximum Gasteiger partial charge on any atom is 0.273 e. The van der Waals surface area contributed by atoms with Crippen LogP contribution >= 0.6 is 11.6 Å². The number of nitrogens with zero attached hydrogens (tertiary/aromatic N) is 3. The average molecular weight is 294 g/mol. The Balaban J connectivity index is 2.09. The van der Waals surface area contributed by atoms with Crippen LogP contribution in [0.15, 0.2) is 30.5 Å². The van der Waals surface area contributed by atoms with E-state index >= 15 is 0 Å². The monoisotopic (exact) mass is 293 g/mol. The molecule has 2 N–H and O–H groups in total. The summed E-state index contributed by atoms with van der Waals surface area (Å²) in [6.45, 7) is 2.50. The van der Waals surface area contributed by atoms with Gasteiger partial charge in [0.2, 0.25) is 0 Å². The Morgan fingerprint density at radius 2 is 2.20 bits per heavy atom. The van der Waals surface area contributed by atoms with E-state index in [0.717, 1.165) is 0 Å². The summed E-state index contributed by atoms with van der Waals surface area (Å²) in [6.07, 6.45) is 1.56. The first-order valence-electron chi connectivity index (χ1n) is 6.24. The highest BCUT2D eigenvalue weighted by Gasteiger charge is 2.13. The fourth-order valence-corrected chi connectivity index (χ4v) is 1.78. The molecule has 0 aliphatic rings. The normalized spacial score (nSPS) is 12.2. The van der Waals surface area contributed by atoms with Gasteiger partial charge in [0.15, 0.2) is 5.69 Å². The summed E-state index contributed by atoms with van der Waals surface area (Å²) in [4.78, 5) is 11.9. The summed E-state index contributed by atoms with van der Waals surface area (Å²) in [7, 11) is 1.84. The minimum absolute atomic E-state index is 0.192. The zero-order valence-corrected chi connectivity index (χ0v) is 12.1. The number of amides is 1. The summed E-state index contributed by atoms with van der Waals surface area (Å²) in [6, 6.07) is 7.43. The summed E-state index contributed by atoms with van der Waals surface area (Å²) in [5, 5.41) is 14.1. The lowest BCUT2D eigenvalue weighted by atomic mass is 10.3. The molecule has 6 nitrogen and oxygen atoms in total. The van der Waals surface area contributed by atoms with E-state index in [9.17, 15) is 4.79 Å². The Bertz CT molecular complexity index is 598. The molecule has 2 aromatic rings. The molecule has 1 amide bonds. The third kappa shape index (κ3) is 3.34. The predicted octanol–water partition coefficient (Wildman–Crippen LogP) is 1.26. The van der Waals surface area contributed by atoms with Crippen LogP contribution in [-0.2, 0) is 0 Å². The maximum absolute atomic E-state index is 11.9. The number of benzene rings is 1. The van der Waals surface area contributed by atoms with Crippen LogP contribution in [0.4, 0.5) is 0 Å². The molecule has 1 aromatic heterocycles. The van der Waals surface area contributed by atoms with Gasteiger partial charge in [-0.25, -0.2) is 4.68 Å². The molecule has 0 bridgehead atoms.